The summed E-state index contributed by atoms with van der Waals surface area (Å²) in [5, 5.41) is 8.46. The minimum Gasteiger partial charge on any atom is -0.319 e. The molecule has 31 heavy (non-hydrogen) atoms. The zero-order chi connectivity index (χ0) is 22.1. The molecular formula is C23H17BrCl2N4O. The van der Waals surface area contributed by atoms with Gasteiger partial charge in [0.25, 0.3) is 5.91 Å². The van der Waals surface area contributed by atoms with Crippen LogP contribution in [-0.2, 0) is 0 Å². The van der Waals surface area contributed by atoms with Gasteiger partial charge in [-0.2, -0.15) is 0 Å². The number of nitrogens with zero attached hydrogens (tertiary/aromatic N) is 3. The van der Waals surface area contributed by atoms with Crippen molar-refractivity contribution in [3.63, 3.8) is 0 Å². The van der Waals surface area contributed by atoms with Gasteiger partial charge in [-0.05, 0) is 61.4 Å². The van der Waals surface area contributed by atoms with Crippen molar-refractivity contribution in [1.82, 2.24) is 14.8 Å². The van der Waals surface area contributed by atoms with Crippen molar-refractivity contribution in [3.8, 4) is 17.1 Å². The van der Waals surface area contributed by atoms with Crippen LogP contribution in [0.25, 0.3) is 17.1 Å². The molecule has 0 saturated carbocycles. The highest BCUT2D eigenvalue weighted by Crippen LogP contribution is 2.27. The summed E-state index contributed by atoms with van der Waals surface area (Å²) in [6.07, 6.45) is 0. The van der Waals surface area contributed by atoms with Gasteiger partial charge in [0.05, 0.1) is 5.69 Å². The van der Waals surface area contributed by atoms with Crippen LogP contribution in [0.15, 0.2) is 65.1 Å². The number of aryl methyl sites for hydroxylation is 2. The molecule has 4 rings (SSSR count). The summed E-state index contributed by atoms with van der Waals surface area (Å²) in [6, 6.07) is 18.5. The van der Waals surface area contributed by atoms with Crippen molar-refractivity contribution in [2.24, 2.45) is 0 Å². The normalized spacial score (nSPS) is 10.9. The van der Waals surface area contributed by atoms with Crippen molar-refractivity contribution >= 4 is 50.7 Å². The van der Waals surface area contributed by atoms with E-state index >= 15 is 0 Å². The molecule has 1 heterocycles. The van der Waals surface area contributed by atoms with Crippen molar-refractivity contribution in [1.29, 1.82) is 0 Å². The number of carbonyl (C=O) groups excluding carboxylic acids is 1. The van der Waals surface area contributed by atoms with Gasteiger partial charge in [-0.1, -0.05) is 63.4 Å². The number of hydrogen-bond acceptors (Lipinski definition) is 3. The first-order valence-corrected chi connectivity index (χ1v) is 10.9. The lowest BCUT2D eigenvalue weighted by molar-refractivity contribution is 0.101. The Kier molecular flexibility index (Phi) is 6.14. The third kappa shape index (κ3) is 4.66. The number of nitrogens with one attached hydrogen (secondary N) is 1. The van der Waals surface area contributed by atoms with E-state index < -0.39 is 5.91 Å². The van der Waals surface area contributed by atoms with Gasteiger partial charge in [-0.15, -0.1) is 5.10 Å². The van der Waals surface area contributed by atoms with Crippen LogP contribution >= 0.6 is 39.1 Å². The third-order valence-corrected chi connectivity index (χ3v) is 5.91. The molecule has 0 saturated heterocycles. The molecule has 5 nitrogen and oxygen atoms in total. The van der Waals surface area contributed by atoms with Gasteiger partial charge in [0.15, 0.2) is 5.82 Å². The maximum absolute atomic E-state index is 12.9. The smallest absolute Gasteiger partial charge is 0.295 e. The van der Waals surface area contributed by atoms with Crippen molar-refractivity contribution in [3.05, 3.63) is 92.1 Å². The minimum atomic E-state index is -0.434. The Labute approximate surface area is 198 Å². The maximum Gasteiger partial charge on any atom is 0.295 e. The monoisotopic (exact) mass is 514 g/mol. The number of anilines is 1. The van der Waals surface area contributed by atoms with Gasteiger partial charge in [0.2, 0.25) is 5.82 Å². The van der Waals surface area contributed by atoms with Crippen LogP contribution in [0.1, 0.15) is 21.7 Å². The van der Waals surface area contributed by atoms with E-state index in [1.165, 1.54) is 0 Å². The summed E-state index contributed by atoms with van der Waals surface area (Å²) in [5.41, 5.74) is 4.00. The number of aromatic nitrogens is 3. The van der Waals surface area contributed by atoms with E-state index in [1.807, 2.05) is 56.3 Å². The largest absolute Gasteiger partial charge is 0.319 e. The quantitative estimate of drug-likeness (QED) is 0.322. The summed E-state index contributed by atoms with van der Waals surface area (Å²) in [4.78, 5) is 17.5. The first-order valence-electron chi connectivity index (χ1n) is 9.39. The lowest BCUT2D eigenvalue weighted by Crippen LogP contribution is -2.14. The summed E-state index contributed by atoms with van der Waals surface area (Å²) < 4.78 is 2.58. The van der Waals surface area contributed by atoms with Crippen LogP contribution in [0, 0.1) is 13.8 Å². The van der Waals surface area contributed by atoms with E-state index in [2.05, 4.69) is 31.3 Å². The molecule has 1 aromatic heterocycles. The Morgan fingerprint density at radius 3 is 2.39 bits per heavy atom. The van der Waals surface area contributed by atoms with E-state index in [1.54, 1.807) is 22.9 Å². The molecule has 0 fully saturated rings. The third-order valence-electron chi connectivity index (χ3n) is 4.74. The molecule has 0 radical (unpaired) electrons. The van der Waals surface area contributed by atoms with Crippen LogP contribution in [-0.4, -0.2) is 20.7 Å². The molecule has 1 amide bonds. The van der Waals surface area contributed by atoms with Gasteiger partial charge in [-0.3, -0.25) is 4.79 Å². The predicted molar refractivity (Wildman–Crippen MR) is 128 cm³/mol. The van der Waals surface area contributed by atoms with Crippen LogP contribution in [0.4, 0.5) is 5.69 Å². The van der Waals surface area contributed by atoms with E-state index in [4.69, 9.17) is 23.2 Å². The highest BCUT2D eigenvalue weighted by atomic mass is 79.9. The number of benzene rings is 3. The zero-order valence-electron chi connectivity index (χ0n) is 16.7. The molecule has 0 unspecified atom stereocenters. The number of amides is 1. The highest BCUT2D eigenvalue weighted by molar-refractivity contribution is 9.10. The van der Waals surface area contributed by atoms with Gasteiger partial charge in [0, 0.05) is 25.8 Å². The Balaban J connectivity index is 1.78. The van der Waals surface area contributed by atoms with Gasteiger partial charge in [-0.25, -0.2) is 9.67 Å². The van der Waals surface area contributed by atoms with Crippen molar-refractivity contribution in [2.45, 2.75) is 13.8 Å². The Morgan fingerprint density at radius 1 is 0.968 bits per heavy atom. The van der Waals surface area contributed by atoms with Gasteiger partial charge < -0.3 is 5.32 Å². The molecule has 0 atom stereocenters. The highest BCUT2D eigenvalue weighted by Gasteiger charge is 2.20. The van der Waals surface area contributed by atoms with E-state index in [0.717, 1.165) is 26.9 Å². The molecular weight excluding hydrogens is 499 g/mol. The summed E-state index contributed by atoms with van der Waals surface area (Å²) in [5.74, 6) is 0.135. The van der Waals surface area contributed by atoms with Crippen LogP contribution in [0.2, 0.25) is 10.0 Å². The first-order chi connectivity index (χ1) is 14.8. The molecule has 4 aromatic rings. The fourth-order valence-electron chi connectivity index (χ4n) is 3.03. The molecule has 8 heteroatoms. The second-order valence-electron chi connectivity index (χ2n) is 7.03. The molecule has 0 spiro atoms. The van der Waals surface area contributed by atoms with E-state index in [0.29, 0.717) is 21.6 Å². The van der Waals surface area contributed by atoms with Crippen molar-refractivity contribution < 1.29 is 4.79 Å². The maximum atomic E-state index is 12.9. The lowest BCUT2D eigenvalue weighted by Gasteiger charge is -2.09. The summed E-state index contributed by atoms with van der Waals surface area (Å²) in [6.45, 7) is 3.85. The number of rotatable bonds is 4. The standard InChI is InChI=1S/C23H17BrCl2N4O/c1-13-4-10-18(12-19(13)26)27-23(31)21-28-22(15-5-7-16(24)8-6-15)30(29-21)20-11-17(25)9-3-14(20)2/h3-12H,1-2H3,(H,27,31). The minimum absolute atomic E-state index is 0.0361. The molecule has 0 aliphatic carbocycles. The zero-order valence-corrected chi connectivity index (χ0v) is 19.8. The Hall–Kier alpha value is -2.67. The number of carbonyl (C=O) groups is 1. The number of halogens is 3. The first kappa shape index (κ1) is 21.6. The molecule has 156 valence electrons. The van der Waals surface area contributed by atoms with Gasteiger partial charge in [0.1, 0.15) is 0 Å². The number of hydrogen-bond donors (Lipinski definition) is 1. The fraction of sp³-hybridized carbons (Fsp3) is 0.0870. The second kappa shape index (κ2) is 8.83. The van der Waals surface area contributed by atoms with Crippen molar-refractivity contribution in [2.75, 3.05) is 5.32 Å². The molecule has 0 aliphatic rings. The van der Waals surface area contributed by atoms with E-state index in [-0.39, 0.29) is 5.82 Å². The molecule has 0 aliphatic heterocycles. The van der Waals surface area contributed by atoms with Crippen LogP contribution in [0.3, 0.4) is 0 Å². The Bertz CT molecular complexity index is 1290. The molecule has 1 N–H and O–H groups in total. The van der Waals surface area contributed by atoms with E-state index in [9.17, 15) is 4.79 Å². The predicted octanol–water partition coefficient (Wildman–Crippen LogP) is 6.87. The summed E-state index contributed by atoms with van der Waals surface area (Å²) in [7, 11) is 0. The Morgan fingerprint density at radius 2 is 1.68 bits per heavy atom. The fourth-order valence-corrected chi connectivity index (χ4v) is 3.64. The average molecular weight is 516 g/mol. The SMILES string of the molecule is Cc1ccc(NC(=O)c2nc(-c3ccc(Br)cc3)n(-c3cc(Cl)ccc3C)n2)cc1Cl. The van der Waals surface area contributed by atoms with Gasteiger partial charge >= 0.3 is 0 Å². The lowest BCUT2D eigenvalue weighted by atomic mass is 10.2. The molecule has 3 aromatic carbocycles. The average Bonchev–Trinajstić information content (AvgIpc) is 3.18. The second-order valence-corrected chi connectivity index (χ2v) is 8.79. The summed E-state index contributed by atoms with van der Waals surface area (Å²) >= 11 is 15.8. The van der Waals surface area contributed by atoms with Crippen LogP contribution in [0.5, 0.6) is 0 Å². The van der Waals surface area contributed by atoms with Crippen LogP contribution < -0.4 is 5.32 Å². The topological polar surface area (TPSA) is 59.8 Å². The molecule has 0 bridgehead atoms.